The Labute approximate surface area is 124 Å². The molecule has 116 valence electrons. The number of rotatable bonds is 6. The molecule has 7 heteroatoms. The van der Waals surface area contributed by atoms with E-state index in [1.54, 1.807) is 27.3 Å². The van der Waals surface area contributed by atoms with E-state index >= 15 is 0 Å². The number of nitro benzene ring substituents is 1. The number of hydrogen-bond donors (Lipinski definition) is 1. The molecule has 0 aromatic heterocycles. The first-order valence-corrected chi connectivity index (χ1v) is 6.82. The van der Waals surface area contributed by atoms with Gasteiger partial charge in [0.15, 0.2) is 0 Å². The summed E-state index contributed by atoms with van der Waals surface area (Å²) in [6.07, 6.45) is 0.0680. The van der Waals surface area contributed by atoms with Gasteiger partial charge in [0, 0.05) is 47.0 Å². The molecule has 0 spiro atoms. The maximum atomic E-state index is 11.1. The fraction of sp³-hybridized carbons (Fsp3) is 0.571. The highest BCUT2D eigenvalue weighted by molar-refractivity contribution is 5.66. The molecular formula is C14H21N3O4. The Morgan fingerprint density at radius 1 is 1.33 bits per heavy atom. The van der Waals surface area contributed by atoms with Crippen LogP contribution in [-0.2, 0) is 16.0 Å². The third-order valence-electron chi connectivity index (χ3n) is 3.87. The van der Waals surface area contributed by atoms with Gasteiger partial charge in [0.05, 0.1) is 17.1 Å². The van der Waals surface area contributed by atoms with Gasteiger partial charge in [-0.05, 0) is 5.56 Å². The maximum Gasteiger partial charge on any atom is 0.292 e. The van der Waals surface area contributed by atoms with Gasteiger partial charge in [-0.15, -0.1) is 0 Å². The number of para-hydroxylation sites is 1. The van der Waals surface area contributed by atoms with Crippen molar-refractivity contribution in [3.63, 3.8) is 0 Å². The highest BCUT2D eigenvalue weighted by atomic mass is 16.6. The van der Waals surface area contributed by atoms with Crippen molar-refractivity contribution in [2.24, 2.45) is 0 Å². The van der Waals surface area contributed by atoms with Crippen LogP contribution in [0.1, 0.15) is 5.56 Å². The first kappa shape index (κ1) is 15.7. The largest absolute Gasteiger partial charge is 0.382 e. The second-order valence-corrected chi connectivity index (χ2v) is 5.06. The molecule has 0 radical (unpaired) electrons. The van der Waals surface area contributed by atoms with Crippen LogP contribution in [0.4, 0.5) is 11.4 Å². The zero-order chi connectivity index (χ0) is 15.4. The molecule has 1 fully saturated rings. The first-order chi connectivity index (χ1) is 10.1. The molecule has 21 heavy (non-hydrogen) atoms. The summed E-state index contributed by atoms with van der Waals surface area (Å²) in [6, 6.07) is 5.13. The van der Waals surface area contributed by atoms with Crippen LogP contribution in [0.2, 0.25) is 0 Å². The van der Waals surface area contributed by atoms with Crippen molar-refractivity contribution in [1.82, 2.24) is 4.90 Å². The second kappa shape index (κ2) is 6.84. The predicted octanol–water partition coefficient (Wildman–Crippen LogP) is 1.48. The molecule has 1 aliphatic heterocycles. The summed E-state index contributed by atoms with van der Waals surface area (Å²) < 4.78 is 10.8. The monoisotopic (exact) mass is 295 g/mol. The van der Waals surface area contributed by atoms with Crippen LogP contribution in [0.3, 0.4) is 0 Å². The molecule has 2 rings (SSSR count). The van der Waals surface area contributed by atoms with Gasteiger partial charge in [0.25, 0.3) is 5.69 Å². The lowest BCUT2D eigenvalue weighted by atomic mass is 10.1. The van der Waals surface area contributed by atoms with Crippen molar-refractivity contribution in [2.45, 2.75) is 18.8 Å². The average Bonchev–Trinajstić information content (AvgIpc) is 2.88. The summed E-state index contributed by atoms with van der Waals surface area (Å²) in [4.78, 5) is 12.9. The maximum absolute atomic E-state index is 11.1. The number of likely N-dealkylation sites (tertiary alicyclic amines) is 1. The molecule has 1 aliphatic rings. The number of benzene rings is 1. The Bertz CT molecular complexity index is 497. The lowest BCUT2D eigenvalue weighted by Gasteiger charge is -2.17. The van der Waals surface area contributed by atoms with Crippen LogP contribution in [0.5, 0.6) is 0 Å². The SMILES string of the molecule is CNc1c(CN2CC(OC)C(OC)C2)cccc1[N+](=O)[O-]. The van der Waals surface area contributed by atoms with Crippen molar-refractivity contribution in [3.05, 3.63) is 33.9 Å². The van der Waals surface area contributed by atoms with Crippen molar-refractivity contribution in [3.8, 4) is 0 Å². The minimum atomic E-state index is -0.366. The quantitative estimate of drug-likeness (QED) is 0.633. The zero-order valence-electron chi connectivity index (χ0n) is 12.5. The van der Waals surface area contributed by atoms with E-state index in [4.69, 9.17) is 9.47 Å². The van der Waals surface area contributed by atoms with Crippen LogP contribution in [0.15, 0.2) is 18.2 Å². The van der Waals surface area contributed by atoms with Crippen molar-refractivity contribution >= 4 is 11.4 Å². The molecule has 2 atom stereocenters. The predicted molar refractivity (Wildman–Crippen MR) is 79.5 cm³/mol. The number of methoxy groups -OCH3 is 2. The fourth-order valence-corrected chi connectivity index (χ4v) is 2.80. The van der Waals surface area contributed by atoms with Gasteiger partial charge < -0.3 is 14.8 Å². The van der Waals surface area contributed by atoms with Gasteiger partial charge in [-0.3, -0.25) is 15.0 Å². The molecule has 0 saturated carbocycles. The highest BCUT2D eigenvalue weighted by Crippen LogP contribution is 2.29. The van der Waals surface area contributed by atoms with Gasteiger partial charge in [-0.1, -0.05) is 12.1 Å². The van der Waals surface area contributed by atoms with Gasteiger partial charge in [-0.2, -0.15) is 0 Å². The number of hydrogen-bond acceptors (Lipinski definition) is 6. The van der Waals surface area contributed by atoms with Gasteiger partial charge in [0.2, 0.25) is 0 Å². The van der Waals surface area contributed by atoms with E-state index in [-0.39, 0.29) is 22.8 Å². The number of nitrogens with one attached hydrogen (secondary N) is 1. The number of nitrogens with zero attached hydrogens (tertiary/aromatic N) is 2. The third-order valence-corrected chi connectivity index (χ3v) is 3.87. The second-order valence-electron chi connectivity index (χ2n) is 5.06. The molecule has 0 aliphatic carbocycles. The van der Waals surface area contributed by atoms with Crippen molar-refractivity contribution in [2.75, 3.05) is 39.7 Å². The van der Waals surface area contributed by atoms with E-state index in [1.165, 1.54) is 6.07 Å². The minimum Gasteiger partial charge on any atom is -0.382 e. The van der Waals surface area contributed by atoms with Crippen molar-refractivity contribution < 1.29 is 14.4 Å². The molecule has 1 aromatic carbocycles. The fourth-order valence-electron chi connectivity index (χ4n) is 2.80. The molecule has 1 heterocycles. The minimum absolute atomic E-state index is 0.0340. The van der Waals surface area contributed by atoms with E-state index < -0.39 is 0 Å². The Kier molecular flexibility index (Phi) is 5.11. The van der Waals surface area contributed by atoms with Crippen LogP contribution in [-0.4, -0.2) is 56.4 Å². The van der Waals surface area contributed by atoms with Gasteiger partial charge in [0.1, 0.15) is 5.69 Å². The standard InChI is InChI=1S/C14H21N3O4/c1-15-14-10(5-4-6-11(14)17(18)19)7-16-8-12(20-2)13(9-16)21-3/h4-6,12-13,15H,7-9H2,1-3H3. The van der Waals surface area contributed by atoms with Gasteiger partial charge in [-0.25, -0.2) is 0 Å². The molecule has 1 aromatic rings. The molecule has 0 bridgehead atoms. The third kappa shape index (κ3) is 3.31. The van der Waals surface area contributed by atoms with Crippen molar-refractivity contribution in [1.29, 1.82) is 0 Å². The van der Waals surface area contributed by atoms with Crippen LogP contribution < -0.4 is 5.32 Å². The number of nitro groups is 1. The molecule has 0 amide bonds. The lowest BCUT2D eigenvalue weighted by Crippen LogP contribution is -2.27. The lowest BCUT2D eigenvalue weighted by molar-refractivity contribution is -0.384. The number of anilines is 1. The summed E-state index contributed by atoms with van der Waals surface area (Å²) in [5.41, 5.74) is 1.57. The van der Waals surface area contributed by atoms with E-state index in [0.717, 1.165) is 18.7 Å². The summed E-state index contributed by atoms with van der Waals surface area (Å²) in [6.45, 7) is 2.12. The molecule has 1 N–H and O–H groups in total. The summed E-state index contributed by atoms with van der Waals surface area (Å²) >= 11 is 0. The normalized spacial score (nSPS) is 22.4. The topological polar surface area (TPSA) is 76.9 Å². The molecule has 7 nitrogen and oxygen atoms in total. The van der Waals surface area contributed by atoms with E-state index in [9.17, 15) is 10.1 Å². The van der Waals surface area contributed by atoms with E-state index in [2.05, 4.69) is 10.2 Å². The molecule has 1 saturated heterocycles. The summed E-state index contributed by atoms with van der Waals surface area (Å²) in [5.74, 6) is 0. The van der Waals surface area contributed by atoms with Crippen LogP contribution >= 0.6 is 0 Å². The Morgan fingerprint density at radius 3 is 2.43 bits per heavy atom. The molecule has 2 unspecified atom stereocenters. The Hall–Kier alpha value is -1.70. The smallest absolute Gasteiger partial charge is 0.292 e. The Morgan fingerprint density at radius 2 is 1.95 bits per heavy atom. The molecular weight excluding hydrogens is 274 g/mol. The number of ether oxygens (including phenoxy) is 2. The first-order valence-electron chi connectivity index (χ1n) is 6.82. The highest BCUT2D eigenvalue weighted by Gasteiger charge is 2.33. The summed E-state index contributed by atoms with van der Waals surface area (Å²) in [5, 5.41) is 14.0. The average molecular weight is 295 g/mol. The van der Waals surface area contributed by atoms with Crippen LogP contribution in [0, 0.1) is 10.1 Å². The van der Waals surface area contributed by atoms with Gasteiger partial charge >= 0.3 is 0 Å². The van der Waals surface area contributed by atoms with E-state index in [0.29, 0.717) is 12.2 Å². The summed E-state index contributed by atoms with van der Waals surface area (Å²) in [7, 11) is 5.05. The van der Waals surface area contributed by atoms with E-state index in [1.807, 2.05) is 6.07 Å². The Balaban J connectivity index is 2.17. The van der Waals surface area contributed by atoms with Crippen LogP contribution in [0.25, 0.3) is 0 Å². The zero-order valence-corrected chi connectivity index (χ0v) is 12.5.